The van der Waals surface area contributed by atoms with Gasteiger partial charge in [0.2, 0.25) is 0 Å². The summed E-state index contributed by atoms with van der Waals surface area (Å²) in [4.78, 5) is 10.6. The van der Waals surface area contributed by atoms with Crippen LogP contribution in [0.15, 0.2) is 47.6 Å². The molecular formula is C13H11ClN2O. The van der Waals surface area contributed by atoms with Gasteiger partial charge in [-0.1, -0.05) is 29.3 Å². The predicted octanol–water partition coefficient (Wildman–Crippen LogP) is 4.79. The molecular weight excluding hydrogens is 236 g/mol. The van der Waals surface area contributed by atoms with Gasteiger partial charge >= 0.3 is 0 Å². The van der Waals surface area contributed by atoms with Crippen molar-refractivity contribution in [3.05, 3.63) is 58.0 Å². The van der Waals surface area contributed by atoms with Crippen LogP contribution in [0.25, 0.3) is 0 Å². The molecule has 1 N–H and O–H groups in total. The SMILES string of the molecule is Cc1ccc(Nc2cc(Cl)ccc2N=O)cc1. The molecule has 0 amide bonds. The van der Waals surface area contributed by atoms with Crippen LogP contribution < -0.4 is 5.32 Å². The van der Waals surface area contributed by atoms with Crippen molar-refractivity contribution in [2.75, 3.05) is 5.32 Å². The summed E-state index contributed by atoms with van der Waals surface area (Å²) in [6.07, 6.45) is 0. The highest BCUT2D eigenvalue weighted by Crippen LogP contribution is 2.30. The Kier molecular flexibility index (Phi) is 3.40. The predicted molar refractivity (Wildman–Crippen MR) is 71.4 cm³/mol. The van der Waals surface area contributed by atoms with E-state index >= 15 is 0 Å². The first-order valence-electron chi connectivity index (χ1n) is 5.15. The first kappa shape index (κ1) is 11.6. The van der Waals surface area contributed by atoms with Gasteiger partial charge in [-0.05, 0) is 42.4 Å². The van der Waals surface area contributed by atoms with Crippen molar-refractivity contribution in [1.82, 2.24) is 0 Å². The van der Waals surface area contributed by atoms with Crippen LogP contribution >= 0.6 is 11.6 Å². The Labute approximate surface area is 104 Å². The highest BCUT2D eigenvalue weighted by atomic mass is 35.5. The number of nitroso groups, excluding NO2 is 1. The van der Waals surface area contributed by atoms with E-state index in [4.69, 9.17) is 11.6 Å². The van der Waals surface area contributed by atoms with Crippen molar-refractivity contribution < 1.29 is 0 Å². The number of benzene rings is 2. The average molecular weight is 247 g/mol. The molecule has 0 heterocycles. The lowest BCUT2D eigenvalue weighted by molar-refractivity contribution is 1.43. The van der Waals surface area contributed by atoms with E-state index in [1.165, 1.54) is 5.56 Å². The Morgan fingerprint density at radius 3 is 2.47 bits per heavy atom. The zero-order valence-corrected chi connectivity index (χ0v) is 10.0. The monoisotopic (exact) mass is 246 g/mol. The second kappa shape index (κ2) is 4.97. The topological polar surface area (TPSA) is 41.5 Å². The van der Waals surface area contributed by atoms with Crippen LogP contribution in [0.1, 0.15) is 5.56 Å². The van der Waals surface area contributed by atoms with Gasteiger partial charge in [-0.25, -0.2) is 0 Å². The molecule has 2 aromatic rings. The van der Waals surface area contributed by atoms with Gasteiger partial charge in [0, 0.05) is 10.7 Å². The highest BCUT2D eigenvalue weighted by Gasteiger charge is 2.04. The summed E-state index contributed by atoms with van der Waals surface area (Å²) in [5.74, 6) is 0. The van der Waals surface area contributed by atoms with Crippen molar-refractivity contribution in [1.29, 1.82) is 0 Å². The van der Waals surface area contributed by atoms with E-state index in [1.807, 2.05) is 31.2 Å². The molecule has 0 atom stereocenters. The second-order valence-electron chi connectivity index (χ2n) is 3.74. The largest absolute Gasteiger partial charge is 0.354 e. The molecule has 0 aliphatic carbocycles. The molecule has 0 radical (unpaired) electrons. The molecule has 0 aliphatic rings. The van der Waals surface area contributed by atoms with Crippen molar-refractivity contribution in [2.45, 2.75) is 6.92 Å². The van der Waals surface area contributed by atoms with Crippen molar-refractivity contribution in [2.24, 2.45) is 5.18 Å². The lowest BCUT2D eigenvalue weighted by Gasteiger charge is -2.08. The smallest absolute Gasteiger partial charge is 0.131 e. The maximum Gasteiger partial charge on any atom is 0.131 e. The van der Waals surface area contributed by atoms with E-state index in [2.05, 4.69) is 10.5 Å². The van der Waals surface area contributed by atoms with E-state index in [0.29, 0.717) is 16.4 Å². The summed E-state index contributed by atoms with van der Waals surface area (Å²) in [5.41, 5.74) is 3.02. The lowest BCUT2D eigenvalue weighted by Crippen LogP contribution is -1.90. The van der Waals surface area contributed by atoms with Crippen LogP contribution in [0.3, 0.4) is 0 Å². The summed E-state index contributed by atoms with van der Waals surface area (Å²) in [6, 6.07) is 12.8. The van der Waals surface area contributed by atoms with Crippen LogP contribution in [0.4, 0.5) is 17.1 Å². The molecule has 3 nitrogen and oxygen atoms in total. The van der Waals surface area contributed by atoms with Crippen molar-refractivity contribution >= 4 is 28.7 Å². The highest BCUT2D eigenvalue weighted by molar-refractivity contribution is 6.31. The number of rotatable bonds is 3. The number of aryl methyl sites for hydroxylation is 1. The van der Waals surface area contributed by atoms with Gasteiger partial charge in [-0.2, -0.15) is 0 Å². The summed E-state index contributed by atoms with van der Waals surface area (Å²) in [5, 5.41) is 6.63. The van der Waals surface area contributed by atoms with Gasteiger partial charge in [0.1, 0.15) is 5.69 Å². The molecule has 0 saturated heterocycles. The van der Waals surface area contributed by atoms with Gasteiger partial charge < -0.3 is 5.32 Å². The van der Waals surface area contributed by atoms with Crippen LogP contribution in [0.2, 0.25) is 5.02 Å². The number of anilines is 2. The standard InChI is InChI=1S/C13H11ClN2O/c1-9-2-5-11(6-3-9)15-13-8-10(14)4-7-12(13)16-17/h2-8,15H,1H3. The fraction of sp³-hybridized carbons (Fsp3) is 0.0769. The number of hydrogen-bond acceptors (Lipinski definition) is 3. The van der Waals surface area contributed by atoms with Crippen LogP contribution in [-0.2, 0) is 0 Å². The molecule has 2 aromatic carbocycles. The third-order valence-electron chi connectivity index (χ3n) is 2.39. The maximum atomic E-state index is 10.6. The minimum atomic E-state index is 0.343. The first-order valence-corrected chi connectivity index (χ1v) is 5.53. The van der Waals surface area contributed by atoms with E-state index in [1.54, 1.807) is 18.2 Å². The number of halogens is 1. The van der Waals surface area contributed by atoms with Crippen LogP contribution in [0, 0.1) is 11.8 Å². The summed E-state index contributed by atoms with van der Waals surface area (Å²) < 4.78 is 0. The van der Waals surface area contributed by atoms with Gasteiger partial charge in [-0.3, -0.25) is 0 Å². The molecule has 4 heteroatoms. The minimum Gasteiger partial charge on any atom is -0.354 e. The van der Waals surface area contributed by atoms with Gasteiger partial charge in [0.05, 0.1) is 5.69 Å². The number of hydrogen-bond donors (Lipinski definition) is 1. The Morgan fingerprint density at radius 1 is 1.12 bits per heavy atom. The minimum absolute atomic E-state index is 0.343. The fourth-order valence-corrected chi connectivity index (χ4v) is 1.65. The zero-order chi connectivity index (χ0) is 12.3. The van der Waals surface area contributed by atoms with E-state index in [9.17, 15) is 4.91 Å². The molecule has 0 saturated carbocycles. The molecule has 0 aliphatic heterocycles. The normalized spacial score (nSPS) is 10.0. The van der Waals surface area contributed by atoms with Gasteiger partial charge in [0.15, 0.2) is 0 Å². The molecule has 86 valence electrons. The maximum absolute atomic E-state index is 10.6. The summed E-state index contributed by atoms with van der Waals surface area (Å²) in [7, 11) is 0. The van der Waals surface area contributed by atoms with Crippen molar-refractivity contribution in [3.63, 3.8) is 0 Å². The fourth-order valence-electron chi connectivity index (χ4n) is 1.48. The Bertz CT molecular complexity index is 538. The average Bonchev–Trinajstić information content (AvgIpc) is 2.32. The van der Waals surface area contributed by atoms with E-state index in [-0.39, 0.29) is 0 Å². The van der Waals surface area contributed by atoms with Crippen LogP contribution in [-0.4, -0.2) is 0 Å². The summed E-state index contributed by atoms with van der Waals surface area (Å²) >= 11 is 5.88. The number of nitrogens with zero attached hydrogens (tertiary/aromatic N) is 1. The van der Waals surface area contributed by atoms with Crippen LogP contribution in [0.5, 0.6) is 0 Å². The summed E-state index contributed by atoms with van der Waals surface area (Å²) in [6.45, 7) is 2.02. The molecule has 2 rings (SSSR count). The molecule has 0 spiro atoms. The van der Waals surface area contributed by atoms with Crippen molar-refractivity contribution in [3.8, 4) is 0 Å². The van der Waals surface area contributed by atoms with Gasteiger partial charge in [-0.15, -0.1) is 4.91 Å². The second-order valence-corrected chi connectivity index (χ2v) is 4.18. The third kappa shape index (κ3) is 2.82. The molecule has 0 aromatic heterocycles. The molecule has 0 fully saturated rings. The third-order valence-corrected chi connectivity index (χ3v) is 2.62. The molecule has 17 heavy (non-hydrogen) atoms. The Hall–Kier alpha value is -1.87. The number of nitrogens with one attached hydrogen (secondary N) is 1. The Morgan fingerprint density at radius 2 is 1.82 bits per heavy atom. The van der Waals surface area contributed by atoms with E-state index < -0.39 is 0 Å². The zero-order valence-electron chi connectivity index (χ0n) is 9.27. The quantitative estimate of drug-likeness (QED) is 0.791. The first-order chi connectivity index (χ1) is 8.19. The van der Waals surface area contributed by atoms with Gasteiger partial charge in [0.25, 0.3) is 0 Å². The molecule has 0 unspecified atom stereocenters. The van der Waals surface area contributed by atoms with E-state index in [0.717, 1.165) is 5.69 Å². The Balaban J connectivity index is 2.31. The lowest BCUT2D eigenvalue weighted by atomic mass is 10.2. The molecule has 0 bridgehead atoms.